The molecule has 1 saturated heterocycles. The zero-order valence-corrected chi connectivity index (χ0v) is 11.8. The van der Waals surface area contributed by atoms with E-state index in [1.165, 1.54) is 12.1 Å². The number of nitrogens with one attached hydrogen (secondary N) is 1. The first-order chi connectivity index (χ1) is 9.66. The van der Waals surface area contributed by atoms with Gasteiger partial charge in [0, 0.05) is 25.2 Å². The van der Waals surface area contributed by atoms with Crippen molar-refractivity contribution in [3.05, 3.63) is 35.1 Å². The maximum absolute atomic E-state index is 13.1. The fourth-order valence-electron chi connectivity index (χ4n) is 2.26. The molecule has 5 heteroatoms. The molecule has 0 aromatic heterocycles. The van der Waals surface area contributed by atoms with Gasteiger partial charge < -0.3 is 10.1 Å². The van der Waals surface area contributed by atoms with Crippen LogP contribution in [0.2, 0.25) is 0 Å². The number of hydrogen-bond donors (Lipinski definition) is 1. The maximum atomic E-state index is 13.1. The van der Waals surface area contributed by atoms with Crippen LogP contribution < -0.4 is 5.32 Å². The lowest BCUT2D eigenvalue weighted by Gasteiger charge is -2.26. The second-order valence-corrected chi connectivity index (χ2v) is 5.02. The number of halogens is 1. The number of morpholine rings is 1. The van der Waals surface area contributed by atoms with Crippen LogP contribution in [0.25, 0.3) is 0 Å². The molecule has 1 N–H and O–H groups in total. The van der Waals surface area contributed by atoms with Gasteiger partial charge in [-0.05, 0) is 37.6 Å². The van der Waals surface area contributed by atoms with Crippen molar-refractivity contribution >= 4 is 5.91 Å². The first-order valence-electron chi connectivity index (χ1n) is 7.01. The van der Waals surface area contributed by atoms with Crippen LogP contribution in [0, 0.1) is 12.7 Å². The van der Waals surface area contributed by atoms with Crippen molar-refractivity contribution in [2.45, 2.75) is 13.3 Å². The Balaban J connectivity index is 1.73. The summed E-state index contributed by atoms with van der Waals surface area (Å²) in [5, 5.41) is 2.84. The second kappa shape index (κ2) is 7.36. The van der Waals surface area contributed by atoms with Gasteiger partial charge in [-0.1, -0.05) is 6.07 Å². The van der Waals surface area contributed by atoms with Crippen LogP contribution in [-0.2, 0) is 4.74 Å². The molecule has 0 bridgehead atoms. The summed E-state index contributed by atoms with van der Waals surface area (Å²) < 4.78 is 18.4. The highest BCUT2D eigenvalue weighted by Gasteiger charge is 2.11. The molecule has 1 aromatic carbocycles. The highest BCUT2D eigenvalue weighted by molar-refractivity contribution is 5.95. The van der Waals surface area contributed by atoms with E-state index in [2.05, 4.69) is 10.2 Å². The number of benzene rings is 1. The third-order valence-electron chi connectivity index (χ3n) is 3.48. The largest absolute Gasteiger partial charge is 0.379 e. The van der Waals surface area contributed by atoms with Gasteiger partial charge in [0.25, 0.3) is 5.91 Å². The Hall–Kier alpha value is -1.46. The Morgan fingerprint density at radius 3 is 2.90 bits per heavy atom. The van der Waals surface area contributed by atoms with E-state index in [0.29, 0.717) is 12.1 Å². The van der Waals surface area contributed by atoms with Gasteiger partial charge >= 0.3 is 0 Å². The summed E-state index contributed by atoms with van der Waals surface area (Å²) in [7, 11) is 0. The monoisotopic (exact) mass is 280 g/mol. The van der Waals surface area contributed by atoms with Crippen LogP contribution in [0.3, 0.4) is 0 Å². The Morgan fingerprint density at radius 1 is 1.40 bits per heavy atom. The van der Waals surface area contributed by atoms with Gasteiger partial charge in [-0.3, -0.25) is 9.69 Å². The fraction of sp³-hybridized carbons (Fsp3) is 0.533. The average Bonchev–Trinajstić information content (AvgIpc) is 2.47. The number of aryl methyl sites for hydroxylation is 1. The van der Waals surface area contributed by atoms with E-state index in [0.717, 1.165) is 44.8 Å². The number of rotatable bonds is 5. The molecule has 1 heterocycles. The molecule has 1 fully saturated rings. The lowest BCUT2D eigenvalue weighted by Crippen LogP contribution is -2.38. The lowest BCUT2D eigenvalue weighted by molar-refractivity contribution is 0.0374. The van der Waals surface area contributed by atoms with E-state index in [4.69, 9.17) is 4.74 Å². The molecule has 110 valence electrons. The van der Waals surface area contributed by atoms with Crippen molar-refractivity contribution in [1.82, 2.24) is 10.2 Å². The molecule has 1 aliphatic heterocycles. The molecular formula is C15H21FN2O2. The second-order valence-electron chi connectivity index (χ2n) is 5.02. The molecule has 1 aromatic rings. The molecule has 0 aliphatic carbocycles. The fourth-order valence-corrected chi connectivity index (χ4v) is 2.26. The summed E-state index contributed by atoms with van der Waals surface area (Å²) in [4.78, 5) is 14.3. The van der Waals surface area contributed by atoms with E-state index < -0.39 is 0 Å². The first kappa shape index (κ1) is 14.9. The molecular weight excluding hydrogens is 259 g/mol. The SMILES string of the molecule is Cc1ccc(F)cc1C(=O)NCCCN1CCOCC1. The average molecular weight is 280 g/mol. The number of hydrogen-bond acceptors (Lipinski definition) is 3. The minimum absolute atomic E-state index is 0.205. The first-order valence-corrected chi connectivity index (χ1v) is 7.01. The van der Waals surface area contributed by atoms with E-state index in [1.807, 2.05) is 6.92 Å². The van der Waals surface area contributed by atoms with Gasteiger partial charge in [0.2, 0.25) is 0 Å². The van der Waals surface area contributed by atoms with Crippen LogP contribution >= 0.6 is 0 Å². The van der Waals surface area contributed by atoms with E-state index in [9.17, 15) is 9.18 Å². The Kier molecular flexibility index (Phi) is 5.49. The third-order valence-corrected chi connectivity index (χ3v) is 3.48. The van der Waals surface area contributed by atoms with Gasteiger partial charge in [-0.2, -0.15) is 0 Å². The highest BCUT2D eigenvalue weighted by atomic mass is 19.1. The summed E-state index contributed by atoms with van der Waals surface area (Å²) in [5.74, 6) is -0.585. The number of nitrogens with zero attached hydrogens (tertiary/aromatic N) is 1. The predicted octanol–water partition coefficient (Wildman–Crippen LogP) is 1.59. The predicted molar refractivity (Wildman–Crippen MR) is 75.3 cm³/mol. The number of carbonyl (C=O) groups excluding carboxylic acids is 1. The standard InChI is InChI=1S/C15H21FN2O2/c1-12-3-4-13(16)11-14(12)15(19)17-5-2-6-18-7-9-20-10-8-18/h3-4,11H,2,5-10H2,1H3,(H,17,19). The summed E-state index contributed by atoms with van der Waals surface area (Å²) in [6.07, 6.45) is 0.889. The molecule has 1 amide bonds. The number of ether oxygens (including phenoxy) is 1. The van der Waals surface area contributed by atoms with Crippen LogP contribution in [0.5, 0.6) is 0 Å². The molecule has 20 heavy (non-hydrogen) atoms. The minimum atomic E-state index is -0.380. The number of amides is 1. The summed E-state index contributed by atoms with van der Waals surface area (Å²) in [5.41, 5.74) is 1.20. The molecule has 1 aliphatic rings. The van der Waals surface area contributed by atoms with Crippen LogP contribution in [-0.4, -0.2) is 50.2 Å². The van der Waals surface area contributed by atoms with Crippen molar-refractivity contribution in [2.75, 3.05) is 39.4 Å². The molecule has 4 nitrogen and oxygen atoms in total. The van der Waals surface area contributed by atoms with Crippen molar-refractivity contribution in [3.63, 3.8) is 0 Å². The van der Waals surface area contributed by atoms with Crippen LogP contribution in [0.15, 0.2) is 18.2 Å². The Bertz CT molecular complexity index is 459. The van der Waals surface area contributed by atoms with Gasteiger partial charge in [-0.15, -0.1) is 0 Å². The summed E-state index contributed by atoms with van der Waals surface area (Å²) in [6.45, 7) is 6.84. The molecule has 0 saturated carbocycles. The Labute approximate surface area is 118 Å². The van der Waals surface area contributed by atoms with Gasteiger partial charge in [0.15, 0.2) is 0 Å². The zero-order chi connectivity index (χ0) is 14.4. The smallest absolute Gasteiger partial charge is 0.251 e. The summed E-state index contributed by atoms with van der Waals surface area (Å²) >= 11 is 0. The van der Waals surface area contributed by atoms with E-state index in [-0.39, 0.29) is 11.7 Å². The van der Waals surface area contributed by atoms with Crippen LogP contribution in [0.1, 0.15) is 22.3 Å². The normalized spacial score (nSPS) is 16.1. The van der Waals surface area contributed by atoms with E-state index >= 15 is 0 Å². The lowest BCUT2D eigenvalue weighted by atomic mass is 10.1. The quantitative estimate of drug-likeness (QED) is 0.833. The van der Waals surface area contributed by atoms with Gasteiger partial charge in [0.05, 0.1) is 13.2 Å². The molecule has 2 rings (SSSR count). The van der Waals surface area contributed by atoms with Gasteiger partial charge in [0.1, 0.15) is 5.82 Å². The Morgan fingerprint density at radius 2 is 2.15 bits per heavy atom. The van der Waals surface area contributed by atoms with E-state index in [1.54, 1.807) is 6.07 Å². The highest BCUT2D eigenvalue weighted by Crippen LogP contribution is 2.10. The number of carbonyl (C=O) groups is 1. The zero-order valence-electron chi connectivity index (χ0n) is 11.8. The minimum Gasteiger partial charge on any atom is -0.379 e. The molecule has 0 unspecified atom stereocenters. The maximum Gasteiger partial charge on any atom is 0.251 e. The molecule has 0 spiro atoms. The summed E-state index contributed by atoms with van der Waals surface area (Å²) in [6, 6.07) is 4.27. The van der Waals surface area contributed by atoms with Crippen molar-refractivity contribution in [2.24, 2.45) is 0 Å². The van der Waals surface area contributed by atoms with Crippen LogP contribution in [0.4, 0.5) is 4.39 Å². The van der Waals surface area contributed by atoms with Crippen molar-refractivity contribution in [1.29, 1.82) is 0 Å². The third kappa shape index (κ3) is 4.28. The van der Waals surface area contributed by atoms with Crippen molar-refractivity contribution < 1.29 is 13.9 Å². The topological polar surface area (TPSA) is 41.6 Å². The van der Waals surface area contributed by atoms with Gasteiger partial charge in [-0.25, -0.2) is 4.39 Å². The molecule has 0 radical (unpaired) electrons. The van der Waals surface area contributed by atoms with Crippen molar-refractivity contribution in [3.8, 4) is 0 Å². The molecule has 0 atom stereocenters.